The van der Waals surface area contributed by atoms with Crippen molar-refractivity contribution in [3.05, 3.63) is 27.4 Å². The maximum atomic E-state index is 11.0. The molecule has 21 heavy (non-hydrogen) atoms. The maximum Gasteiger partial charge on any atom is 0.336 e. The van der Waals surface area contributed by atoms with E-state index in [4.69, 9.17) is 14.6 Å². The van der Waals surface area contributed by atoms with Crippen molar-refractivity contribution in [2.75, 3.05) is 20.3 Å². The van der Waals surface area contributed by atoms with Gasteiger partial charge in [-0.05, 0) is 6.07 Å². The van der Waals surface area contributed by atoms with Crippen LogP contribution in [-0.2, 0) is 15.1 Å². The number of thiophene rings is 1. The average molecular weight is 325 g/mol. The van der Waals surface area contributed by atoms with Crippen LogP contribution in [0.25, 0.3) is 10.6 Å². The van der Waals surface area contributed by atoms with Gasteiger partial charge in [0.25, 0.3) is 0 Å². The normalized spacial score (nSPS) is 17.8. The van der Waals surface area contributed by atoms with Gasteiger partial charge in [0.05, 0.1) is 16.1 Å². The molecule has 3 heterocycles. The van der Waals surface area contributed by atoms with Gasteiger partial charge in [0.15, 0.2) is 0 Å². The Kier molecular flexibility index (Phi) is 4.08. The maximum absolute atomic E-state index is 11.0. The highest BCUT2D eigenvalue weighted by atomic mass is 32.1. The fourth-order valence-corrected chi connectivity index (χ4v) is 4.36. The van der Waals surface area contributed by atoms with Crippen LogP contribution in [0.1, 0.15) is 28.2 Å². The highest BCUT2D eigenvalue weighted by Crippen LogP contribution is 2.39. The number of aromatic carboxylic acids is 1. The summed E-state index contributed by atoms with van der Waals surface area (Å²) in [6.45, 7) is 1.34. The van der Waals surface area contributed by atoms with Crippen molar-refractivity contribution in [1.29, 1.82) is 0 Å². The number of thiazole rings is 1. The summed E-state index contributed by atoms with van der Waals surface area (Å²) < 4.78 is 11.1. The third-order valence-electron chi connectivity index (χ3n) is 3.68. The molecule has 0 spiro atoms. The third-order valence-corrected chi connectivity index (χ3v) is 5.66. The van der Waals surface area contributed by atoms with Crippen molar-refractivity contribution < 1.29 is 19.4 Å². The molecule has 1 N–H and O–H groups in total. The van der Waals surface area contributed by atoms with Crippen LogP contribution < -0.4 is 0 Å². The summed E-state index contributed by atoms with van der Waals surface area (Å²) in [4.78, 5) is 16.5. The summed E-state index contributed by atoms with van der Waals surface area (Å²) in [5.41, 5.74) is 0.751. The molecule has 1 fully saturated rings. The Hall–Kier alpha value is -1.28. The predicted molar refractivity (Wildman–Crippen MR) is 81.1 cm³/mol. The molecule has 0 aliphatic carbocycles. The van der Waals surface area contributed by atoms with Crippen molar-refractivity contribution in [3.63, 3.8) is 0 Å². The van der Waals surface area contributed by atoms with Crippen molar-refractivity contribution in [2.24, 2.45) is 0 Å². The van der Waals surface area contributed by atoms with Gasteiger partial charge in [-0.2, -0.15) is 0 Å². The van der Waals surface area contributed by atoms with Gasteiger partial charge in [-0.25, -0.2) is 9.78 Å². The first kappa shape index (κ1) is 14.6. The Morgan fingerprint density at radius 2 is 2.14 bits per heavy atom. The van der Waals surface area contributed by atoms with Crippen molar-refractivity contribution in [3.8, 4) is 10.6 Å². The van der Waals surface area contributed by atoms with Crippen LogP contribution in [0, 0.1) is 0 Å². The molecule has 3 rings (SSSR count). The number of carboxylic acid groups (broad SMARTS) is 1. The van der Waals surface area contributed by atoms with Gasteiger partial charge in [-0.1, -0.05) is 0 Å². The monoisotopic (exact) mass is 325 g/mol. The highest BCUT2D eigenvalue weighted by molar-refractivity contribution is 7.14. The van der Waals surface area contributed by atoms with Crippen LogP contribution >= 0.6 is 22.7 Å². The second-order valence-electron chi connectivity index (χ2n) is 4.85. The van der Waals surface area contributed by atoms with Gasteiger partial charge in [0.2, 0.25) is 0 Å². The molecule has 7 heteroatoms. The molecule has 1 aliphatic rings. The fraction of sp³-hybridized carbons (Fsp3) is 0.429. The lowest BCUT2D eigenvalue weighted by atomic mass is 9.95. The third kappa shape index (κ3) is 2.74. The minimum absolute atomic E-state index is 0.303. The molecular weight excluding hydrogens is 310 g/mol. The van der Waals surface area contributed by atoms with E-state index in [1.54, 1.807) is 29.9 Å². The Morgan fingerprint density at radius 1 is 1.38 bits per heavy atom. The molecule has 0 aromatic carbocycles. The zero-order chi connectivity index (χ0) is 14.9. The standard InChI is InChI=1S/C14H15NO4S2/c1-18-14(2-4-19-5-3-14)13-15-10(8-21-13)11-6-9(7-20-11)12(16)17/h6-8H,2-5H2,1H3,(H,16,17). The molecule has 0 atom stereocenters. The molecular formula is C14H15NO4S2. The summed E-state index contributed by atoms with van der Waals surface area (Å²) in [5, 5.41) is 13.5. The number of rotatable bonds is 4. The zero-order valence-corrected chi connectivity index (χ0v) is 13.1. The Labute approximate surface area is 130 Å². The van der Waals surface area contributed by atoms with Crippen LogP contribution in [0.4, 0.5) is 0 Å². The number of methoxy groups -OCH3 is 1. The molecule has 0 radical (unpaired) electrons. The minimum Gasteiger partial charge on any atom is -0.478 e. The molecule has 5 nitrogen and oxygen atoms in total. The van der Waals surface area contributed by atoms with E-state index in [0.717, 1.165) is 28.4 Å². The molecule has 0 bridgehead atoms. The molecule has 112 valence electrons. The number of hydrogen-bond donors (Lipinski definition) is 1. The van der Waals surface area contributed by atoms with Gasteiger partial charge < -0.3 is 14.6 Å². The van der Waals surface area contributed by atoms with E-state index in [1.807, 2.05) is 5.38 Å². The van der Waals surface area contributed by atoms with Crippen LogP contribution in [0.3, 0.4) is 0 Å². The van der Waals surface area contributed by atoms with Crippen LogP contribution in [0.5, 0.6) is 0 Å². The van der Waals surface area contributed by atoms with E-state index >= 15 is 0 Å². The lowest BCUT2D eigenvalue weighted by molar-refractivity contribution is -0.0947. The van der Waals surface area contributed by atoms with E-state index in [0.29, 0.717) is 18.8 Å². The fourth-order valence-electron chi connectivity index (χ4n) is 2.39. The number of carboxylic acids is 1. The number of aromatic nitrogens is 1. The second-order valence-corrected chi connectivity index (χ2v) is 6.62. The first-order valence-electron chi connectivity index (χ1n) is 6.56. The summed E-state index contributed by atoms with van der Waals surface area (Å²) in [6, 6.07) is 1.66. The van der Waals surface area contributed by atoms with Crippen molar-refractivity contribution in [2.45, 2.75) is 18.4 Å². The van der Waals surface area contributed by atoms with Gasteiger partial charge in [-0.3, -0.25) is 0 Å². The first-order chi connectivity index (χ1) is 10.1. The Balaban J connectivity index is 1.89. The Bertz CT molecular complexity index is 643. The molecule has 0 unspecified atom stereocenters. The quantitative estimate of drug-likeness (QED) is 0.935. The molecule has 0 amide bonds. The van der Waals surface area contributed by atoms with Gasteiger partial charge in [0, 0.05) is 43.9 Å². The highest BCUT2D eigenvalue weighted by Gasteiger charge is 2.37. The first-order valence-corrected chi connectivity index (χ1v) is 8.32. The number of hydrogen-bond acceptors (Lipinski definition) is 6. The molecule has 1 saturated heterocycles. The van der Waals surface area contributed by atoms with E-state index in [1.165, 1.54) is 11.3 Å². The van der Waals surface area contributed by atoms with Gasteiger partial charge >= 0.3 is 5.97 Å². The molecule has 0 saturated carbocycles. The van der Waals surface area contributed by atoms with E-state index in [-0.39, 0.29) is 5.60 Å². The smallest absolute Gasteiger partial charge is 0.336 e. The lowest BCUT2D eigenvalue weighted by Crippen LogP contribution is -2.35. The van der Waals surface area contributed by atoms with Crippen LogP contribution in [0.2, 0.25) is 0 Å². The summed E-state index contributed by atoms with van der Waals surface area (Å²) in [7, 11) is 1.71. The molecule has 1 aliphatic heterocycles. The van der Waals surface area contributed by atoms with Gasteiger partial charge in [-0.15, -0.1) is 22.7 Å². The largest absolute Gasteiger partial charge is 0.478 e. The summed E-state index contributed by atoms with van der Waals surface area (Å²) >= 11 is 2.95. The van der Waals surface area contributed by atoms with Crippen LogP contribution in [0.15, 0.2) is 16.8 Å². The van der Waals surface area contributed by atoms with Crippen LogP contribution in [-0.4, -0.2) is 36.4 Å². The van der Waals surface area contributed by atoms with E-state index in [2.05, 4.69) is 4.98 Å². The van der Waals surface area contributed by atoms with Crippen molar-refractivity contribution >= 4 is 28.6 Å². The SMILES string of the molecule is COC1(c2nc(-c3cc(C(=O)O)cs3)cs2)CCOCC1. The molecule has 2 aromatic heterocycles. The second kappa shape index (κ2) is 5.84. The summed E-state index contributed by atoms with van der Waals surface area (Å²) in [6.07, 6.45) is 1.59. The summed E-state index contributed by atoms with van der Waals surface area (Å²) in [5.74, 6) is -0.911. The van der Waals surface area contributed by atoms with Gasteiger partial charge in [0.1, 0.15) is 10.6 Å². The predicted octanol–water partition coefficient (Wildman–Crippen LogP) is 3.22. The topological polar surface area (TPSA) is 68.7 Å². The van der Waals surface area contributed by atoms with E-state index in [9.17, 15) is 4.79 Å². The van der Waals surface area contributed by atoms with E-state index < -0.39 is 5.97 Å². The number of nitrogens with zero attached hydrogens (tertiary/aromatic N) is 1. The lowest BCUT2D eigenvalue weighted by Gasteiger charge is -2.33. The number of carbonyl (C=O) groups is 1. The average Bonchev–Trinajstić information content (AvgIpc) is 3.17. The van der Waals surface area contributed by atoms with Crippen molar-refractivity contribution in [1.82, 2.24) is 4.98 Å². The number of ether oxygens (including phenoxy) is 2. The molecule has 2 aromatic rings. The Morgan fingerprint density at radius 3 is 2.76 bits per heavy atom. The minimum atomic E-state index is -0.911. The zero-order valence-electron chi connectivity index (χ0n) is 11.5.